The Labute approximate surface area is 88.9 Å². The van der Waals surface area contributed by atoms with E-state index in [2.05, 4.69) is 6.58 Å². The summed E-state index contributed by atoms with van der Waals surface area (Å²) in [5.41, 5.74) is -0.115. The van der Waals surface area contributed by atoms with Crippen LogP contribution in [0.4, 0.5) is 0 Å². The van der Waals surface area contributed by atoms with Crippen molar-refractivity contribution in [3.8, 4) is 0 Å². The van der Waals surface area contributed by atoms with Crippen LogP contribution in [0.5, 0.6) is 0 Å². The van der Waals surface area contributed by atoms with Crippen LogP contribution in [-0.4, -0.2) is 23.1 Å². The quantitative estimate of drug-likeness (QED) is 0.571. The number of esters is 1. The molecule has 0 heterocycles. The molecule has 1 aliphatic rings. The molecule has 0 unspecified atom stereocenters. The minimum absolute atomic E-state index is 0.0205. The zero-order valence-electron chi connectivity index (χ0n) is 8.70. The second-order valence-corrected chi connectivity index (χ2v) is 3.84. The average molecular weight is 212 g/mol. The molecule has 1 N–H and O–H groups in total. The lowest BCUT2D eigenvalue weighted by Gasteiger charge is -2.21. The molecule has 1 fully saturated rings. The molecule has 15 heavy (non-hydrogen) atoms. The number of carbonyl (C=O) groups is 2. The van der Waals surface area contributed by atoms with E-state index in [4.69, 9.17) is 9.84 Å². The molecule has 84 valence electrons. The predicted octanol–water partition coefficient (Wildman–Crippen LogP) is 1.89. The molecule has 1 saturated carbocycles. The topological polar surface area (TPSA) is 63.6 Å². The van der Waals surface area contributed by atoms with Crippen LogP contribution in [0.2, 0.25) is 0 Å². The van der Waals surface area contributed by atoms with Crippen molar-refractivity contribution in [2.24, 2.45) is 0 Å². The largest absolute Gasteiger partial charge is 0.478 e. The summed E-state index contributed by atoms with van der Waals surface area (Å²) >= 11 is 0. The second-order valence-electron chi connectivity index (χ2n) is 3.84. The van der Waals surface area contributed by atoms with Gasteiger partial charge in [-0.3, -0.25) is 4.79 Å². The monoisotopic (exact) mass is 212 g/mol. The molecule has 0 saturated heterocycles. The normalized spacial score (nSPS) is 17.1. The van der Waals surface area contributed by atoms with E-state index in [-0.39, 0.29) is 18.1 Å². The van der Waals surface area contributed by atoms with Gasteiger partial charge in [0.2, 0.25) is 0 Å². The molecule has 0 aromatic carbocycles. The first-order valence-corrected chi connectivity index (χ1v) is 5.20. The summed E-state index contributed by atoms with van der Waals surface area (Å²) in [6.45, 7) is 3.29. The van der Waals surface area contributed by atoms with E-state index in [1.807, 2.05) is 0 Å². The lowest BCUT2D eigenvalue weighted by atomic mass is 9.98. The summed E-state index contributed by atoms with van der Waals surface area (Å²) in [6.07, 6.45) is 4.90. The van der Waals surface area contributed by atoms with Crippen molar-refractivity contribution in [1.82, 2.24) is 0 Å². The third kappa shape index (κ3) is 4.14. The average Bonchev–Trinajstić information content (AvgIpc) is 2.18. The zero-order chi connectivity index (χ0) is 11.3. The van der Waals surface area contributed by atoms with Crippen molar-refractivity contribution in [2.45, 2.75) is 44.6 Å². The molecule has 0 amide bonds. The Hall–Kier alpha value is -1.32. The standard InChI is InChI=1S/C11H16O4/c1-8(11(13)14)7-10(12)15-9-5-3-2-4-6-9/h9H,1-7H2,(H,13,14). The summed E-state index contributed by atoms with van der Waals surface area (Å²) < 4.78 is 5.15. The molecule has 0 radical (unpaired) electrons. The summed E-state index contributed by atoms with van der Waals surface area (Å²) in [5, 5.41) is 8.53. The maximum absolute atomic E-state index is 11.3. The Morgan fingerprint density at radius 1 is 1.27 bits per heavy atom. The maximum atomic E-state index is 11.3. The fourth-order valence-electron chi connectivity index (χ4n) is 1.66. The lowest BCUT2D eigenvalue weighted by Crippen LogP contribution is -2.21. The van der Waals surface area contributed by atoms with Crippen LogP contribution in [0.1, 0.15) is 38.5 Å². The Bertz CT molecular complexity index is 264. The van der Waals surface area contributed by atoms with Crippen molar-refractivity contribution >= 4 is 11.9 Å². The number of rotatable bonds is 4. The van der Waals surface area contributed by atoms with Gasteiger partial charge in [-0.15, -0.1) is 0 Å². The lowest BCUT2D eigenvalue weighted by molar-refractivity contribution is -0.150. The molecule has 0 aromatic rings. The smallest absolute Gasteiger partial charge is 0.331 e. The SMILES string of the molecule is C=C(CC(=O)OC1CCCCC1)C(=O)O. The summed E-state index contributed by atoms with van der Waals surface area (Å²) in [6, 6.07) is 0. The van der Waals surface area contributed by atoms with Gasteiger partial charge in [-0.05, 0) is 25.7 Å². The zero-order valence-corrected chi connectivity index (χ0v) is 8.70. The highest BCUT2D eigenvalue weighted by Crippen LogP contribution is 2.21. The van der Waals surface area contributed by atoms with E-state index in [1.165, 1.54) is 6.42 Å². The fourth-order valence-corrected chi connectivity index (χ4v) is 1.66. The molecule has 4 nitrogen and oxygen atoms in total. The predicted molar refractivity (Wildman–Crippen MR) is 54.4 cm³/mol. The first-order valence-electron chi connectivity index (χ1n) is 5.20. The first-order chi connectivity index (χ1) is 7.09. The number of hydrogen-bond acceptors (Lipinski definition) is 3. The van der Waals surface area contributed by atoms with E-state index >= 15 is 0 Å². The van der Waals surface area contributed by atoms with Gasteiger partial charge in [-0.25, -0.2) is 4.79 Å². The van der Waals surface area contributed by atoms with Gasteiger partial charge in [0.1, 0.15) is 6.10 Å². The molecule has 0 aromatic heterocycles. The highest BCUT2D eigenvalue weighted by atomic mass is 16.5. The third-order valence-electron chi connectivity index (χ3n) is 2.51. The Morgan fingerprint density at radius 2 is 1.87 bits per heavy atom. The van der Waals surface area contributed by atoms with Gasteiger partial charge < -0.3 is 9.84 Å². The van der Waals surface area contributed by atoms with E-state index in [0.717, 1.165) is 25.7 Å². The van der Waals surface area contributed by atoms with Crippen LogP contribution in [0.25, 0.3) is 0 Å². The first kappa shape index (κ1) is 11.8. The van der Waals surface area contributed by atoms with E-state index in [9.17, 15) is 9.59 Å². The summed E-state index contributed by atoms with van der Waals surface area (Å²) in [5.74, 6) is -1.62. The van der Waals surface area contributed by atoms with Crippen molar-refractivity contribution in [3.05, 3.63) is 12.2 Å². The number of ether oxygens (including phenoxy) is 1. The van der Waals surface area contributed by atoms with Crippen LogP contribution in [0, 0.1) is 0 Å². The molecule has 0 aliphatic heterocycles. The number of carbonyl (C=O) groups excluding carboxylic acids is 1. The molecule has 1 rings (SSSR count). The number of carboxylic acid groups (broad SMARTS) is 1. The van der Waals surface area contributed by atoms with Gasteiger partial charge in [-0.1, -0.05) is 13.0 Å². The van der Waals surface area contributed by atoms with Crippen molar-refractivity contribution in [1.29, 1.82) is 0 Å². The van der Waals surface area contributed by atoms with Crippen molar-refractivity contribution in [2.75, 3.05) is 0 Å². The summed E-state index contributed by atoms with van der Waals surface area (Å²) in [7, 11) is 0. The molecule has 4 heteroatoms. The van der Waals surface area contributed by atoms with Gasteiger partial charge in [0.15, 0.2) is 0 Å². The number of carboxylic acids is 1. The van der Waals surface area contributed by atoms with Gasteiger partial charge >= 0.3 is 11.9 Å². The minimum Gasteiger partial charge on any atom is -0.478 e. The molecular formula is C11H16O4. The van der Waals surface area contributed by atoms with Crippen molar-refractivity contribution < 1.29 is 19.4 Å². The highest BCUT2D eigenvalue weighted by molar-refractivity contribution is 5.91. The molecule has 1 aliphatic carbocycles. The molecule has 0 bridgehead atoms. The molecular weight excluding hydrogens is 196 g/mol. The van der Waals surface area contributed by atoms with Crippen LogP contribution in [-0.2, 0) is 14.3 Å². The second kappa shape index (κ2) is 5.53. The van der Waals surface area contributed by atoms with Crippen LogP contribution < -0.4 is 0 Å². The van der Waals surface area contributed by atoms with Gasteiger partial charge in [0.05, 0.1) is 6.42 Å². The Kier molecular flexibility index (Phi) is 4.34. The third-order valence-corrected chi connectivity index (χ3v) is 2.51. The highest BCUT2D eigenvalue weighted by Gasteiger charge is 2.19. The Balaban J connectivity index is 2.28. The Morgan fingerprint density at radius 3 is 2.40 bits per heavy atom. The van der Waals surface area contributed by atoms with Gasteiger partial charge in [-0.2, -0.15) is 0 Å². The van der Waals surface area contributed by atoms with Gasteiger partial charge in [0.25, 0.3) is 0 Å². The molecule has 0 spiro atoms. The van der Waals surface area contributed by atoms with Crippen molar-refractivity contribution in [3.63, 3.8) is 0 Å². The van der Waals surface area contributed by atoms with Gasteiger partial charge in [0, 0.05) is 5.57 Å². The number of hydrogen-bond donors (Lipinski definition) is 1. The number of aliphatic carboxylic acids is 1. The van der Waals surface area contributed by atoms with E-state index < -0.39 is 11.9 Å². The minimum atomic E-state index is -1.14. The van der Waals surface area contributed by atoms with Crippen LogP contribution in [0.3, 0.4) is 0 Å². The van der Waals surface area contributed by atoms with E-state index in [0.29, 0.717) is 0 Å². The fraction of sp³-hybridized carbons (Fsp3) is 0.636. The summed E-state index contributed by atoms with van der Waals surface area (Å²) in [4.78, 5) is 21.7. The van der Waals surface area contributed by atoms with Crippen LogP contribution >= 0.6 is 0 Å². The van der Waals surface area contributed by atoms with E-state index in [1.54, 1.807) is 0 Å². The molecule has 0 atom stereocenters. The maximum Gasteiger partial charge on any atom is 0.331 e. The van der Waals surface area contributed by atoms with Crippen LogP contribution in [0.15, 0.2) is 12.2 Å².